The van der Waals surface area contributed by atoms with Gasteiger partial charge >= 0.3 is 30.2 Å². The molecule has 0 aliphatic carbocycles. The fraction of sp³-hybridized carbons (Fsp3) is 0.250. The molecule has 0 aliphatic rings. The van der Waals surface area contributed by atoms with Gasteiger partial charge in [0.05, 0.1) is 8.07 Å². The van der Waals surface area contributed by atoms with Crippen LogP contribution in [0.15, 0.2) is 72.8 Å². The second-order valence-electron chi connectivity index (χ2n) is 9.17. The molecule has 0 atom stereocenters. The molecule has 4 aromatic carbocycles. The maximum absolute atomic E-state index is 2.47. The predicted octanol–water partition coefficient (Wildman–Crippen LogP) is -0.703. The van der Waals surface area contributed by atoms with E-state index >= 15 is 0 Å². The number of benzene rings is 2. The van der Waals surface area contributed by atoms with Gasteiger partial charge < -0.3 is 24.8 Å². The molecule has 0 unspecified atom stereocenters. The van der Waals surface area contributed by atoms with Crippen LogP contribution in [0.4, 0.5) is 0 Å². The van der Waals surface area contributed by atoms with Crippen molar-refractivity contribution in [2.45, 2.75) is 39.3 Å². The van der Waals surface area contributed by atoms with E-state index in [0.29, 0.717) is 0 Å². The summed E-state index contributed by atoms with van der Waals surface area (Å²) >= 11 is 1.58. The van der Waals surface area contributed by atoms with Gasteiger partial charge in [-0.15, -0.1) is 64.5 Å². The first kappa shape index (κ1) is 29.8. The topological polar surface area (TPSA) is 0 Å². The zero-order valence-electron chi connectivity index (χ0n) is 18.9. The monoisotopic (exact) mass is 564 g/mol. The Balaban J connectivity index is 0.000000550. The van der Waals surface area contributed by atoms with Crippen molar-refractivity contribution < 1.29 is 48.1 Å². The van der Waals surface area contributed by atoms with Crippen LogP contribution in [0.2, 0.25) is 39.3 Å². The van der Waals surface area contributed by atoms with Crippen LogP contribution in [-0.4, -0.2) is 23.0 Å². The van der Waals surface area contributed by atoms with Gasteiger partial charge in [-0.3, -0.25) is 0 Å². The average molecular weight is 567 g/mol. The quantitative estimate of drug-likeness (QED) is 0.222. The number of hydrogen-bond acceptors (Lipinski definition) is 0. The summed E-state index contributed by atoms with van der Waals surface area (Å²) in [5.41, 5.74) is 0. The minimum Gasteiger partial charge on any atom is -0.168 e. The van der Waals surface area contributed by atoms with E-state index in [1.54, 1.807) is 33.7 Å². The smallest absolute Gasteiger partial charge is 0.0809 e. The SMILES string of the molecule is C[Si](C)(C)c1[cH-]c2ccccc2c1[Si](C)(C)C.[Cl-].[Cl-].[SiH2]=[Zr+2].c1ccc2[cH-]ccc2c1. The largest absolute Gasteiger partial charge is 0.168 e. The van der Waals surface area contributed by atoms with Gasteiger partial charge in [0.25, 0.3) is 0 Å². The first-order valence-electron chi connectivity index (χ1n) is 9.83. The molecule has 30 heavy (non-hydrogen) atoms. The molecule has 0 fully saturated rings. The van der Waals surface area contributed by atoms with Crippen LogP contribution in [0.3, 0.4) is 0 Å². The molecule has 0 N–H and O–H groups in total. The molecular weight excluding hydrogens is 535 g/mol. The fourth-order valence-electron chi connectivity index (χ4n) is 3.69. The van der Waals surface area contributed by atoms with Crippen molar-refractivity contribution >= 4 is 54.9 Å². The summed E-state index contributed by atoms with van der Waals surface area (Å²) in [4.78, 5) is 0. The van der Waals surface area contributed by atoms with Crippen LogP contribution >= 0.6 is 0 Å². The first-order chi connectivity index (χ1) is 13.2. The van der Waals surface area contributed by atoms with Crippen LogP contribution < -0.4 is 35.2 Å². The minimum absolute atomic E-state index is 0. The Morgan fingerprint density at radius 3 is 1.77 bits per heavy atom. The average Bonchev–Trinajstić information content (AvgIpc) is 3.27. The Hall–Kier alpha value is -0.226. The summed E-state index contributed by atoms with van der Waals surface area (Å²) in [6.07, 6.45) is 0. The molecule has 0 nitrogen and oxygen atoms in total. The molecule has 0 saturated heterocycles. The van der Waals surface area contributed by atoms with Gasteiger partial charge in [0.2, 0.25) is 0 Å². The Morgan fingerprint density at radius 2 is 1.23 bits per heavy atom. The molecule has 160 valence electrons. The van der Waals surface area contributed by atoms with E-state index in [1.165, 1.54) is 21.5 Å². The molecule has 4 rings (SSSR count). The Labute approximate surface area is 213 Å². The van der Waals surface area contributed by atoms with Crippen LogP contribution in [0, 0.1) is 0 Å². The van der Waals surface area contributed by atoms with Crippen LogP contribution in [0.5, 0.6) is 0 Å². The molecule has 0 amide bonds. The van der Waals surface area contributed by atoms with Gasteiger partial charge in [-0.05, 0) is 0 Å². The third kappa shape index (κ3) is 7.43. The molecular formula is C24H32Cl2Si3Zr-2. The van der Waals surface area contributed by atoms with Crippen molar-refractivity contribution in [1.29, 1.82) is 0 Å². The summed E-state index contributed by atoms with van der Waals surface area (Å²) in [6, 6.07) is 26.1. The number of hydrogen-bond donors (Lipinski definition) is 0. The molecule has 0 aliphatic heterocycles. The maximum atomic E-state index is 2.47. The van der Waals surface area contributed by atoms with Gasteiger partial charge in [-0.2, -0.15) is 28.1 Å². The minimum atomic E-state index is -1.27. The van der Waals surface area contributed by atoms with E-state index in [9.17, 15) is 0 Å². The Morgan fingerprint density at radius 1 is 0.700 bits per heavy atom. The molecule has 0 aromatic heterocycles. The summed E-state index contributed by atoms with van der Waals surface area (Å²) < 4.78 is 0. The van der Waals surface area contributed by atoms with Crippen LogP contribution in [0.25, 0.3) is 21.5 Å². The first-order valence-corrected chi connectivity index (χ1v) is 22.8. The summed E-state index contributed by atoms with van der Waals surface area (Å²) in [5.74, 6) is 0. The maximum Gasteiger partial charge on any atom is -0.0809 e. The summed E-state index contributed by atoms with van der Waals surface area (Å²) in [6.45, 7) is 16.8. The van der Waals surface area contributed by atoms with Crippen molar-refractivity contribution in [1.82, 2.24) is 0 Å². The number of fused-ring (bicyclic) bond motifs is 2. The molecule has 0 bridgehead atoms. The molecule has 4 aromatic rings. The third-order valence-electron chi connectivity index (χ3n) is 4.90. The molecule has 0 radical (unpaired) electrons. The van der Waals surface area contributed by atoms with Crippen molar-refractivity contribution in [3.8, 4) is 0 Å². The van der Waals surface area contributed by atoms with Crippen LogP contribution in [0.1, 0.15) is 0 Å². The van der Waals surface area contributed by atoms with Gasteiger partial charge in [0.15, 0.2) is 0 Å². The predicted molar refractivity (Wildman–Crippen MR) is 134 cm³/mol. The Kier molecular flexibility index (Phi) is 12.6. The van der Waals surface area contributed by atoms with E-state index in [1.807, 2.05) is 6.88 Å². The molecule has 0 spiro atoms. The third-order valence-corrected chi connectivity index (χ3v) is 9.20. The summed E-state index contributed by atoms with van der Waals surface area (Å²) in [5, 5.41) is 9.03. The van der Waals surface area contributed by atoms with Gasteiger partial charge in [-0.1, -0.05) is 51.4 Å². The summed E-state index contributed by atoms with van der Waals surface area (Å²) in [7, 11) is -2.50. The van der Waals surface area contributed by atoms with Crippen molar-refractivity contribution in [2.24, 2.45) is 0 Å². The normalized spacial score (nSPS) is 10.8. The standard InChI is InChI=1S/C15H23Si2.C9H7.2ClH.H2Si.Zr/c1-16(2,3)14-11-12-9-7-8-10-13(12)15(14)17(4,5)6;1-2-5-9-7-3-6-8(9)4-1;;;;/h7-11H,1-6H3;1-7H;2*1H;1H2;/q2*-1;;;;+2/p-2. The fourth-order valence-corrected chi connectivity index (χ4v) is 9.33. The second kappa shape index (κ2) is 12.7. The molecule has 6 heteroatoms. The Bertz CT molecular complexity index is 1010. The number of rotatable bonds is 2. The van der Waals surface area contributed by atoms with E-state index in [4.69, 9.17) is 0 Å². The van der Waals surface area contributed by atoms with Gasteiger partial charge in [0, 0.05) is 8.07 Å². The number of halogens is 2. The zero-order chi connectivity index (χ0) is 20.9. The van der Waals surface area contributed by atoms with E-state index in [2.05, 4.69) is 112 Å². The second-order valence-corrected chi connectivity index (χ2v) is 19.2. The zero-order valence-corrected chi connectivity index (χ0v) is 26.3. The van der Waals surface area contributed by atoms with Gasteiger partial charge in [0.1, 0.15) is 0 Å². The van der Waals surface area contributed by atoms with E-state index in [0.717, 1.165) is 0 Å². The van der Waals surface area contributed by atoms with E-state index < -0.39 is 16.1 Å². The van der Waals surface area contributed by atoms with Crippen molar-refractivity contribution in [3.05, 3.63) is 72.8 Å². The van der Waals surface area contributed by atoms with E-state index in [-0.39, 0.29) is 24.8 Å². The van der Waals surface area contributed by atoms with Crippen molar-refractivity contribution in [2.75, 3.05) is 0 Å². The van der Waals surface area contributed by atoms with Crippen molar-refractivity contribution in [3.63, 3.8) is 0 Å². The molecule has 0 heterocycles. The molecule has 0 saturated carbocycles. The van der Waals surface area contributed by atoms with Crippen LogP contribution in [-0.2, 0) is 23.3 Å². The van der Waals surface area contributed by atoms with Gasteiger partial charge in [-0.25, -0.2) is 0 Å².